The highest BCUT2D eigenvalue weighted by atomic mass is 15.3. The van der Waals surface area contributed by atoms with E-state index in [4.69, 9.17) is 0 Å². The molecule has 0 aliphatic heterocycles. The van der Waals surface area contributed by atoms with Crippen LogP contribution in [0.3, 0.4) is 0 Å². The molecule has 2 aromatic carbocycles. The van der Waals surface area contributed by atoms with Crippen LogP contribution in [0.4, 0.5) is 28.8 Å². The lowest BCUT2D eigenvalue weighted by atomic mass is 10.2. The van der Waals surface area contributed by atoms with Gasteiger partial charge in [-0.25, -0.2) is 0 Å². The summed E-state index contributed by atoms with van der Waals surface area (Å²) in [5.74, 6) is 1.03. The zero-order valence-electron chi connectivity index (χ0n) is 16.5. The second kappa shape index (κ2) is 8.52. The number of para-hydroxylation sites is 1. The van der Waals surface area contributed by atoms with Gasteiger partial charge in [0, 0.05) is 36.0 Å². The first kappa shape index (κ1) is 18.6. The van der Waals surface area contributed by atoms with E-state index < -0.39 is 0 Å². The molecule has 0 atom stereocenters. The molecule has 4 rings (SSSR count). The number of nitrogens with one attached hydrogen (secondary N) is 2. The fourth-order valence-electron chi connectivity index (χ4n) is 3.23. The van der Waals surface area contributed by atoms with Crippen LogP contribution in [0.25, 0.3) is 10.9 Å². The van der Waals surface area contributed by atoms with Crippen LogP contribution in [-0.2, 0) is 0 Å². The summed E-state index contributed by atoms with van der Waals surface area (Å²) in [6.07, 6.45) is 3.37. The number of rotatable bonds is 7. The van der Waals surface area contributed by atoms with E-state index in [1.807, 2.05) is 42.5 Å². The Hall–Kier alpha value is -3.74. The van der Waals surface area contributed by atoms with E-state index in [0.717, 1.165) is 35.4 Å². The SMILES string of the molecule is CCN(CC)c1ccc(Nc2nncc(Nc3cccc4cccnc34)n2)cc1. The van der Waals surface area contributed by atoms with E-state index in [-0.39, 0.29) is 0 Å². The Morgan fingerprint density at radius 1 is 0.897 bits per heavy atom. The highest BCUT2D eigenvalue weighted by Gasteiger charge is 2.06. The maximum atomic E-state index is 4.53. The third-order valence-corrected chi connectivity index (χ3v) is 4.71. The van der Waals surface area contributed by atoms with Crippen LogP contribution in [-0.4, -0.2) is 33.3 Å². The van der Waals surface area contributed by atoms with Crippen molar-refractivity contribution in [3.8, 4) is 0 Å². The summed E-state index contributed by atoms with van der Waals surface area (Å²) in [7, 11) is 0. The number of aromatic nitrogens is 4. The molecule has 0 saturated carbocycles. The number of anilines is 5. The molecule has 0 radical (unpaired) electrons. The fourth-order valence-corrected chi connectivity index (χ4v) is 3.23. The van der Waals surface area contributed by atoms with Gasteiger partial charge in [0.05, 0.1) is 17.4 Å². The predicted octanol–water partition coefficient (Wildman–Crippen LogP) is 4.75. The molecule has 2 N–H and O–H groups in total. The standard InChI is InChI=1S/C22H23N7/c1-3-29(4-2)18-12-10-17(11-13-18)25-22-27-20(15-24-28-22)26-19-9-5-7-16-8-6-14-23-21(16)19/h5-15H,3-4H2,1-2H3,(H2,25,26,27,28). The third kappa shape index (κ3) is 4.24. The van der Waals surface area contributed by atoms with Crippen LogP contribution < -0.4 is 15.5 Å². The summed E-state index contributed by atoms with van der Waals surface area (Å²) >= 11 is 0. The van der Waals surface area contributed by atoms with Gasteiger partial charge >= 0.3 is 0 Å². The molecule has 7 heteroatoms. The molecule has 2 aromatic heterocycles. The van der Waals surface area contributed by atoms with Crippen LogP contribution in [0.1, 0.15) is 13.8 Å². The van der Waals surface area contributed by atoms with E-state index in [0.29, 0.717) is 11.8 Å². The van der Waals surface area contributed by atoms with Crippen molar-refractivity contribution in [2.45, 2.75) is 13.8 Å². The fraction of sp³-hybridized carbons (Fsp3) is 0.182. The summed E-state index contributed by atoms with van der Waals surface area (Å²) in [5.41, 5.74) is 3.86. The van der Waals surface area contributed by atoms with Gasteiger partial charge in [-0.2, -0.15) is 10.1 Å². The smallest absolute Gasteiger partial charge is 0.249 e. The quantitative estimate of drug-likeness (QED) is 0.475. The number of pyridine rings is 1. The number of benzene rings is 2. The molecule has 0 aliphatic carbocycles. The van der Waals surface area contributed by atoms with Crippen LogP contribution in [0.15, 0.2) is 67.0 Å². The van der Waals surface area contributed by atoms with Gasteiger partial charge in [0.15, 0.2) is 5.82 Å². The largest absolute Gasteiger partial charge is 0.372 e. The zero-order chi connectivity index (χ0) is 20.1. The van der Waals surface area contributed by atoms with E-state index in [1.54, 1.807) is 12.4 Å². The predicted molar refractivity (Wildman–Crippen MR) is 118 cm³/mol. The van der Waals surface area contributed by atoms with Crippen molar-refractivity contribution in [2.24, 2.45) is 0 Å². The molecule has 7 nitrogen and oxygen atoms in total. The van der Waals surface area contributed by atoms with E-state index in [9.17, 15) is 0 Å². The molecule has 29 heavy (non-hydrogen) atoms. The molecule has 0 saturated heterocycles. The first-order valence-corrected chi connectivity index (χ1v) is 9.69. The van der Waals surface area contributed by atoms with Gasteiger partial charge in [0.1, 0.15) is 0 Å². The van der Waals surface area contributed by atoms with E-state index in [2.05, 4.69) is 61.7 Å². The Kier molecular flexibility index (Phi) is 5.47. The minimum Gasteiger partial charge on any atom is -0.372 e. The molecule has 146 valence electrons. The topological polar surface area (TPSA) is 78.9 Å². The lowest BCUT2D eigenvalue weighted by Crippen LogP contribution is -2.21. The summed E-state index contributed by atoms with van der Waals surface area (Å²) in [4.78, 5) is 11.3. The van der Waals surface area contributed by atoms with Gasteiger partial charge in [0.25, 0.3) is 0 Å². The molecular formula is C22H23N7. The second-order valence-corrected chi connectivity index (χ2v) is 6.52. The van der Waals surface area contributed by atoms with E-state index in [1.165, 1.54) is 5.69 Å². The van der Waals surface area contributed by atoms with Crippen molar-refractivity contribution < 1.29 is 0 Å². The molecule has 0 unspecified atom stereocenters. The Balaban J connectivity index is 1.52. The molecular weight excluding hydrogens is 362 g/mol. The van der Waals surface area contributed by atoms with Crippen molar-refractivity contribution >= 4 is 39.7 Å². The van der Waals surface area contributed by atoms with Crippen LogP contribution in [0, 0.1) is 0 Å². The highest BCUT2D eigenvalue weighted by molar-refractivity contribution is 5.91. The Morgan fingerprint density at radius 2 is 1.69 bits per heavy atom. The molecule has 0 spiro atoms. The zero-order valence-corrected chi connectivity index (χ0v) is 16.5. The maximum absolute atomic E-state index is 4.53. The summed E-state index contributed by atoms with van der Waals surface area (Å²) in [5, 5.41) is 15.7. The van der Waals surface area contributed by atoms with Crippen LogP contribution >= 0.6 is 0 Å². The van der Waals surface area contributed by atoms with Crippen LogP contribution in [0.5, 0.6) is 0 Å². The molecule has 0 bridgehead atoms. The van der Waals surface area contributed by atoms with Crippen molar-refractivity contribution in [1.29, 1.82) is 0 Å². The average molecular weight is 385 g/mol. The number of hydrogen-bond acceptors (Lipinski definition) is 7. The maximum Gasteiger partial charge on any atom is 0.249 e. The Morgan fingerprint density at radius 3 is 2.48 bits per heavy atom. The summed E-state index contributed by atoms with van der Waals surface area (Å²) in [6, 6.07) is 18.2. The first-order chi connectivity index (χ1) is 14.3. The average Bonchev–Trinajstić information content (AvgIpc) is 2.76. The molecule has 4 aromatic rings. The Labute approximate surface area is 169 Å². The molecule has 0 aliphatic rings. The third-order valence-electron chi connectivity index (χ3n) is 4.71. The van der Waals surface area contributed by atoms with Crippen molar-refractivity contribution in [1.82, 2.24) is 20.2 Å². The number of hydrogen-bond donors (Lipinski definition) is 2. The molecule has 0 amide bonds. The van der Waals surface area contributed by atoms with Crippen molar-refractivity contribution in [3.05, 3.63) is 67.0 Å². The minimum absolute atomic E-state index is 0.429. The van der Waals surface area contributed by atoms with Gasteiger partial charge < -0.3 is 15.5 Å². The number of nitrogens with zero attached hydrogens (tertiary/aromatic N) is 5. The Bertz CT molecular complexity index is 1090. The second-order valence-electron chi connectivity index (χ2n) is 6.52. The lowest BCUT2D eigenvalue weighted by molar-refractivity contribution is 0.866. The lowest BCUT2D eigenvalue weighted by Gasteiger charge is -2.21. The summed E-state index contributed by atoms with van der Waals surface area (Å²) in [6.45, 7) is 6.26. The van der Waals surface area contributed by atoms with Gasteiger partial charge in [-0.1, -0.05) is 18.2 Å². The number of fused-ring (bicyclic) bond motifs is 1. The minimum atomic E-state index is 0.429. The summed E-state index contributed by atoms with van der Waals surface area (Å²) < 4.78 is 0. The van der Waals surface area contributed by atoms with Gasteiger partial charge in [-0.05, 0) is 50.2 Å². The van der Waals surface area contributed by atoms with E-state index >= 15 is 0 Å². The molecule has 2 heterocycles. The van der Waals surface area contributed by atoms with Crippen molar-refractivity contribution in [3.63, 3.8) is 0 Å². The van der Waals surface area contributed by atoms with Gasteiger partial charge in [0.2, 0.25) is 5.95 Å². The van der Waals surface area contributed by atoms with Gasteiger partial charge in [-0.3, -0.25) is 4.98 Å². The normalized spacial score (nSPS) is 10.7. The van der Waals surface area contributed by atoms with Gasteiger partial charge in [-0.15, -0.1) is 5.10 Å². The highest BCUT2D eigenvalue weighted by Crippen LogP contribution is 2.24. The molecule has 0 fully saturated rings. The monoisotopic (exact) mass is 385 g/mol. The first-order valence-electron chi connectivity index (χ1n) is 9.69. The van der Waals surface area contributed by atoms with Crippen LogP contribution in [0.2, 0.25) is 0 Å². The van der Waals surface area contributed by atoms with Crippen molar-refractivity contribution in [2.75, 3.05) is 28.6 Å².